The highest BCUT2D eigenvalue weighted by molar-refractivity contribution is 5.95. The summed E-state index contributed by atoms with van der Waals surface area (Å²) >= 11 is 0. The van der Waals surface area contributed by atoms with E-state index >= 15 is 0 Å². The molecule has 1 unspecified atom stereocenters. The first-order chi connectivity index (χ1) is 10.1. The Balaban J connectivity index is 1.84. The largest absolute Gasteiger partial charge is 0.330 e. The molecule has 4 nitrogen and oxygen atoms in total. The molecule has 4 heteroatoms. The molecule has 1 aliphatic heterocycles. The predicted molar refractivity (Wildman–Crippen MR) is 87.1 cm³/mol. The van der Waals surface area contributed by atoms with Crippen LogP contribution < -0.4 is 16.0 Å². The molecule has 0 bridgehead atoms. The van der Waals surface area contributed by atoms with Crippen LogP contribution in [0.5, 0.6) is 0 Å². The monoisotopic (exact) mass is 289 g/mol. The van der Waals surface area contributed by atoms with E-state index in [1.165, 1.54) is 5.56 Å². The van der Waals surface area contributed by atoms with Crippen molar-refractivity contribution in [3.63, 3.8) is 0 Å². The maximum atomic E-state index is 11.7. The molecule has 0 radical (unpaired) electrons. The average Bonchev–Trinajstić information content (AvgIpc) is 2.90. The Bertz CT molecular complexity index is 456. The van der Waals surface area contributed by atoms with Crippen molar-refractivity contribution in [1.82, 2.24) is 5.32 Å². The Kier molecular flexibility index (Phi) is 5.76. The van der Waals surface area contributed by atoms with Gasteiger partial charge < -0.3 is 16.0 Å². The fourth-order valence-electron chi connectivity index (χ4n) is 2.71. The number of amides is 1. The number of nitrogens with two attached hydrogens (primary N) is 1. The summed E-state index contributed by atoms with van der Waals surface area (Å²) in [7, 11) is 0. The van der Waals surface area contributed by atoms with Gasteiger partial charge in [0, 0.05) is 25.2 Å². The van der Waals surface area contributed by atoms with Crippen molar-refractivity contribution in [1.29, 1.82) is 0 Å². The Morgan fingerprint density at radius 2 is 2.00 bits per heavy atom. The molecule has 0 aliphatic carbocycles. The quantitative estimate of drug-likeness (QED) is 0.808. The van der Waals surface area contributed by atoms with Gasteiger partial charge in [-0.2, -0.15) is 0 Å². The van der Waals surface area contributed by atoms with Gasteiger partial charge in [-0.3, -0.25) is 4.79 Å². The van der Waals surface area contributed by atoms with Crippen molar-refractivity contribution in [2.75, 3.05) is 24.5 Å². The normalized spacial score (nSPS) is 16.8. The standard InChI is InChI=1S/C17H27N3O/c1-13(2)15(10-18)12-19-11-14-5-7-16(8-6-14)20-9-3-4-17(20)21/h5-8,13,15,19H,3-4,9-12,18H2,1-2H3. The van der Waals surface area contributed by atoms with Gasteiger partial charge in [-0.15, -0.1) is 0 Å². The third-order valence-corrected chi connectivity index (χ3v) is 4.30. The first-order valence-electron chi connectivity index (χ1n) is 7.92. The maximum Gasteiger partial charge on any atom is 0.227 e. The number of hydrogen-bond acceptors (Lipinski definition) is 3. The van der Waals surface area contributed by atoms with Crippen molar-refractivity contribution in [2.24, 2.45) is 17.6 Å². The molecule has 0 aromatic heterocycles. The lowest BCUT2D eigenvalue weighted by atomic mass is 9.96. The SMILES string of the molecule is CC(C)C(CN)CNCc1ccc(N2CCCC2=O)cc1. The number of carbonyl (C=O) groups excluding carboxylic acids is 1. The van der Waals surface area contributed by atoms with Gasteiger partial charge in [0.25, 0.3) is 0 Å². The molecule has 0 spiro atoms. The minimum absolute atomic E-state index is 0.239. The van der Waals surface area contributed by atoms with Crippen molar-refractivity contribution in [3.05, 3.63) is 29.8 Å². The third kappa shape index (κ3) is 4.29. The second-order valence-electron chi connectivity index (χ2n) is 6.19. The summed E-state index contributed by atoms with van der Waals surface area (Å²) in [5.74, 6) is 1.36. The van der Waals surface area contributed by atoms with Crippen LogP contribution in [0.3, 0.4) is 0 Å². The molecular weight excluding hydrogens is 262 g/mol. The highest BCUT2D eigenvalue weighted by Gasteiger charge is 2.21. The van der Waals surface area contributed by atoms with Crippen LogP contribution in [0.15, 0.2) is 24.3 Å². The lowest BCUT2D eigenvalue weighted by Crippen LogP contribution is -2.31. The predicted octanol–water partition coefficient (Wildman–Crippen LogP) is 2.13. The number of carbonyl (C=O) groups is 1. The van der Waals surface area contributed by atoms with Gasteiger partial charge in [0.2, 0.25) is 5.91 Å². The molecule has 1 amide bonds. The molecule has 1 heterocycles. The summed E-state index contributed by atoms with van der Waals surface area (Å²) in [6, 6.07) is 8.29. The van der Waals surface area contributed by atoms with Gasteiger partial charge in [0.05, 0.1) is 0 Å². The molecule has 1 aromatic carbocycles. The van der Waals surface area contributed by atoms with Crippen LogP contribution >= 0.6 is 0 Å². The molecule has 3 N–H and O–H groups in total. The van der Waals surface area contributed by atoms with Gasteiger partial charge in [-0.05, 0) is 49.0 Å². The molecule has 1 fully saturated rings. The van der Waals surface area contributed by atoms with E-state index in [9.17, 15) is 4.79 Å². The zero-order chi connectivity index (χ0) is 15.2. The summed E-state index contributed by atoms with van der Waals surface area (Å²) in [4.78, 5) is 13.6. The average molecular weight is 289 g/mol. The van der Waals surface area contributed by atoms with Crippen molar-refractivity contribution in [2.45, 2.75) is 33.2 Å². The van der Waals surface area contributed by atoms with Crippen LogP contribution in [0, 0.1) is 11.8 Å². The summed E-state index contributed by atoms with van der Waals surface area (Å²) in [5, 5.41) is 3.47. The smallest absolute Gasteiger partial charge is 0.227 e. The lowest BCUT2D eigenvalue weighted by Gasteiger charge is -2.19. The minimum atomic E-state index is 0.239. The summed E-state index contributed by atoms with van der Waals surface area (Å²) < 4.78 is 0. The third-order valence-electron chi connectivity index (χ3n) is 4.30. The molecular formula is C17H27N3O. The fraction of sp³-hybridized carbons (Fsp3) is 0.588. The van der Waals surface area contributed by atoms with Crippen LogP contribution in [0.25, 0.3) is 0 Å². The zero-order valence-electron chi connectivity index (χ0n) is 13.1. The second-order valence-corrected chi connectivity index (χ2v) is 6.19. The van der Waals surface area contributed by atoms with E-state index in [0.717, 1.165) is 38.3 Å². The molecule has 0 saturated carbocycles. The molecule has 116 valence electrons. The van der Waals surface area contributed by atoms with Crippen LogP contribution in [0.4, 0.5) is 5.69 Å². The Labute approximate surface area is 127 Å². The highest BCUT2D eigenvalue weighted by atomic mass is 16.2. The van der Waals surface area contributed by atoms with Crippen molar-refractivity contribution >= 4 is 11.6 Å². The van der Waals surface area contributed by atoms with Crippen molar-refractivity contribution < 1.29 is 4.79 Å². The van der Waals surface area contributed by atoms with Crippen LogP contribution in [-0.4, -0.2) is 25.5 Å². The lowest BCUT2D eigenvalue weighted by molar-refractivity contribution is -0.117. The van der Waals surface area contributed by atoms with Crippen molar-refractivity contribution in [3.8, 4) is 0 Å². The van der Waals surface area contributed by atoms with Gasteiger partial charge in [-0.1, -0.05) is 26.0 Å². The summed E-state index contributed by atoms with van der Waals surface area (Å²) in [6.45, 7) is 7.78. The van der Waals surface area contributed by atoms with Gasteiger partial charge in [-0.25, -0.2) is 0 Å². The number of benzene rings is 1. The minimum Gasteiger partial charge on any atom is -0.330 e. The van der Waals surface area contributed by atoms with Gasteiger partial charge in [0.1, 0.15) is 0 Å². The molecule has 1 aromatic rings. The first-order valence-corrected chi connectivity index (χ1v) is 7.92. The van der Waals surface area contributed by atoms with Crippen LogP contribution in [0.2, 0.25) is 0 Å². The zero-order valence-corrected chi connectivity index (χ0v) is 13.1. The molecule has 1 atom stereocenters. The Morgan fingerprint density at radius 3 is 2.52 bits per heavy atom. The maximum absolute atomic E-state index is 11.7. The van der Waals surface area contributed by atoms with E-state index in [1.54, 1.807) is 0 Å². The summed E-state index contributed by atoms with van der Waals surface area (Å²) in [5.41, 5.74) is 8.04. The van der Waals surface area contributed by atoms with Gasteiger partial charge in [0.15, 0.2) is 0 Å². The Hall–Kier alpha value is -1.39. The van der Waals surface area contributed by atoms with E-state index in [4.69, 9.17) is 5.73 Å². The second kappa shape index (κ2) is 7.57. The van der Waals surface area contributed by atoms with E-state index in [0.29, 0.717) is 18.3 Å². The van der Waals surface area contributed by atoms with Crippen LogP contribution in [-0.2, 0) is 11.3 Å². The molecule has 21 heavy (non-hydrogen) atoms. The van der Waals surface area contributed by atoms with E-state index in [2.05, 4.69) is 31.3 Å². The first kappa shape index (κ1) is 16.0. The number of rotatable bonds is 7. The Morgan fingerprint density at radius 1 is 1.29 bits per heavy atom. The van der Waals surface area contributed by atoms with E-state index in [-0.39, 0.29) is 5.91 Å². The van der Waals surface area contributed by atoms with E-state index in [1.807, 2.05) is 17.0 Å². The molecule has 1 saturated heterocycles. The molecule has 1 aliphatic rings. The molecule has 2 rings (SSSR count). The number of nitrogens with one attached hydrogen (secondary N) is 1. The topological polar surface area (TPSA) is 58.4 Å². The van der Waals surface area contributed by atoms with Gasteiger partial charge >= 0.3 is 0 Å². The number of hydrogen-bond donors (Lipinski definition) is 2. The highest BCUT2D eigenvalue weighted by Crippen LogP contribution is 2.21. The van der Waals surface area contributed by atoms with E-state index < -0.39 is 0 Å². The fourth-order valence-corrected chi connectivity index (χ4v) is 2.71. The van der Waals surface area contributed by atoms with Crippen LogP contribution in [0.1, 0.15) is 32.3 Å². The number of anilines is 1. The number of nitrogens with zero attached hydrogens (tertiary/aromatic N) is 1. The summed E-state index contributed by atoms with van der Waals surface area (Å²) in [6.07, 6.45) is 1.65.